The van der Waals surface area contributed by atoms with Crippen molar-refractivity contribution in [2.75, 3.05) is 0 Å². The fourth-order valence-corrected chi connectivity index (χ4v) is 1.33. The van der Waals surface area contributed by atoms with Gasteiger partial charge >= 0.3 is 0 Å². The fourth-order valence-electron chi connectivity index (χ4n) is 1.33. The van der Waals surface area contributed by atoms with Gasteiger partial charge in [-0.25, -0.2) is 0 Å². The molecule has 2 nitrogen and oxygen atoms in total. The minimum atomic E-state index is 0.256. The molecule has 2 heteroatoms. The molecule has 0 aliphatic heterocycles. The maximum Gasteiger partial charge on any atom is 0.0482 e. The Morgan fingerprint density at radius 3 is 2.17 bits per heavy atom. The van der Waals surface area contributed by atoms with Crippen molar-refractivity contribution in [2.24, 2.45) is 11.8 Å². The summed E-state index contributed by atoms with van der Waals surface area (Å²) < 4.78 is 0. The van der Waals surface area contributed by atoms with Crippen LogP contribution in [0, 0.1) is 5.92 Å². The number of benzene rings is 1. The predicted octanol–water partition coefficient (Wildman–Crippen LogP) is 1.85. The Labute approximate surface area is 73.8 Å². The van der Waals surface area contributed by atoms with E-state index in [2.05, 4.69) is 31.4 Å². The van der Waals surface area contributed by atoms with Crippen LogP contribution >= 0.6 is 0 Å². The second kappa shape index (κ2) is 4.24. The monoisotopic (exact) mass is 164 g/mol. The van der Waals surface area contributed by atoms with E-state index in [0.717, 1.165) is 0 Å². The van der Waals surface area contributed by atoms with Gasteiger partial charge in [0.05, 0.1) is 0 Å². The fraction of sp³-hybridized carbons (Fsp3) is 0.400. The molecular weight excluding hydrogens is 148 g/mol. The van der Waals surface area contributed by atoms with E-state index in [4.69, 9.17) is 5.84 Å². The smallest absolute Gasteiger partial charge is 0.0482 e. The van der Waals surface area contributed by atoms with Crippen LogP contribution in [0.1, 0.15) is 25.5 Å². The molecule has 0 saturated carbocycles. The number of nitrogens with one attached hydrogen (secondary N) is 1. The lowest BCUT2D eigenvalue weighted by atomic mass is 9.97. The molecule has 0 spiro atoms. The van der Waals surface area contributed by atoms with Crippen molar-refractivity contribution < 1.29 is 0 Å². The number of nitrogens with two attached hydrogens (primary N) is 1. The second-order valence-electron chi connectivity index (χ2n) is 3.30. The lowest BCUT2D eigenvalue weighted by Gasteiger charge is -2.19. The summed E-state index contributed by atoms with van der Waals surface area (Å²) in [5.74, 6) is 5.97. The molecule has 0 aliphatic carbocycles. The van der Waals surface area contributed by atoms with E-state index in [1.165, 1.54) is 5.56 Å². The Morgan fingerprint density at radius 1 is 1.17 bits per heavy atom. The zero-order valence-electron chi connectivity index (χ0n) is 7.62. The molecule has 1 rings (SSSR count). The minimum absolute atomic E-state index is 0.256. The van der Waals surface area contributed by atoms with Crippen molar-refractivity contribution in [2.45, 2.75) is 19.9 Å². The van der Waals surface area contributed by atoms with Crippen molar-refractivity contribution in [1.82, 2.24) is 5.43 Å². The van der Waals surface area contributed by atoms with Gasteiger partial charge in [-0.15, -0.1) is 0 Å². The molecule has 0 heterocycles. The van der Waals surface area contributed by atoms with E-state index in [9.17, 15) is 0 Å². The summed E-state index contributed by atoms with van der Waals surface area (Å²) >= 11 is 0. The molecule has 1 aromatic rings. The average molecular weight is 164 g/mol. The Hall–Kier alpha value is -0.860. The molecule has 0 unspecified atom stereocenters. The van der Waals surface area contributed by atoms with Gasteiger partial charge in [0.2, 0.25) is 0 Å². The first kappa shape index (κ1) is 9.23. The van der Waals surface area contributed by atoms with Crippen LogP contribution in [-0.2, 0) is 0 Å². The average Bonchev–Trinajstić information content (AvgIpc) is 2.07. The summed E-state index contributed by atoms with van der Waals surface area (Å²) in [6.45, 7) is 4.30. The maximum atomic E-state index is 5.46. The molecule has 0 radical (unpaired) electrons. The normalized spacial score (nSPS) is 13.3. The van der Waals surface area contributed by atoms with Gasteiger partial charge in [-0.1, -0.05) is 44.2 Å². The largest absolute Gasteiger partial charge is 0.271 e. The van der Waals surface area contributed by atoms with Gasteiger partial charge in [-0.2, -0.15) is 0 Å². The molecule has 1 atom stereocenters. The third-order valence-electron chi connectivity index (χ3n) is 2.00. The Balaban J connectivity index is 2.80. The zero-order valence-corrected chi connectivity index (χ0v) is 7.62. The van der Waals surface area contributed by atoms with Crippen LogP contribution in [0.25, 0.3) is 0 Å². The summed E-state index contributed by atoms with van der Waals surface area (Å²) in [5.41, 5.74) is 4.06. The molecule has 0 bridgehead atoms. The number of rotatable bonds is 3. The zero-order chi connectivity index (χ0) is 8.97. The van der Waals surface area contributed by atoms with Gasteiger partial charge in [-0.05, 0) is 11.5 Å². The summed E-state index contributed by atoms with van der Waals surface area (Å²) in [7, 11) is 0. The Bertz CT molecular complexity index is 219. The third-order valence-corrected chi connectivity index (χ3v) is 2.00. The highest BCUT2D eigenvalue weighted by Gasteiger charge is 2.12. The predicted molar refractivity (Wildman–Crippen MR) is 51.3 cm³/mol. The van der Waals surface area contributed by atoms with Gasteiger partial charge in [0.25, 0.3) is 0 Å². The highest BCUT2D eigenvalue weighted by Crippen LogP contribution is 2.19. The van der Waals surface area contributed by atoms with Crippen LogP contribution in [0.4, 0.5) is 0 Å². The number of hydrogen-bond donors (Lipinski definition) is 2. The molecule has 3 N–H and O–H groups in total. The molecule has 0 saturated heterocycles. The van der Waals surface area contributed by atoms with Crippen molar-refractivity contribution in [1.29, 1.82) is 0 Å². The highest BCUT2D eigenvalue weighted by atomic mass is 15.2. The van der Waals surface area contributed by atoms with E-state index < -0.39 is 0 Å². The standard InChI is InChI=1S/C10H16N2/c1-8(2)10(12-11)9-6-4-3-5-7-9/h3-8,10,12H,11H2,1-2H3/t10-/m0/s1. The highest BCUT2D eigenvalue weighted by molar-refractivity contribution is 5.18. The van der Waals surface area contributed by atoms with Crippen LogP contribution in [0.5, 0.6) is 0 Å². The lowest BCUT2D eigenvalue weighted by Crippen LogP contribution is -2.31. The first-order valence-electron chi connectivity index (χ1n) is 4.26. The van der Waals surface area contributed by atoms with E-state index in [-0.39, 0.29) is 6.04 Å². The number of hydrazine groups is 1. The number of hydrogen-bond acceptors (Lipinski definition) is 2. The lowest BCUT2D eigenvalue weighted by molar-refractivity contribution is 0.421. The topological polar surface area (TPSA) is 38.0 Å². The Kier molecular flexibility index (Phi) is 3.26. The van der Waals surface area contributed by atoms with Crippen molar-refractivity contribution in [3.8, 4) is 0 Å². The first-order chi connectivity index (χ1) is 5.75. The molecule has 0 amide bonds. The van der Waals surface area contributed by atoms with Crippen LogP contribution in [-0.4, -0.2) is 0 Å². The van der Waals surface area contributed by atoms with E-state index >= 15 is 0 Å². The van der Waals surface area contributed by atoms with E-state index in [0.29, 0.717) is 5.92 Å². The van der Waals surface area contributed by atoms with Gasteiger partial charge in [0, 0.05) is 6.04 Å². The second-order valence-corrected chi connectivity index (χ2v) is 3.30. The van der Waals surface area contributed by atoms with Crippen LogP contribution in [0.15, 0.2) is 30.3 Å². The van der Waals surface area contributed by atoms with Crippen molar-refractivity contribution >= 4 is 0 Å². The van der Waals surface area contributed by atoms with Crippen LogP contribution in [0.2, 0.25) is 0 Å². The molecule has 1 aromatic carbocycles. The summed E-state index contributed by atoms with van der Waals surface area (Å²) in [5, 5.41) is 0. The molecule has 12 heavy (non-hydrogen) atoms. The van der Waals surface area contributed by atoms with Gasteiger partial charge in [-0.3, -0.25) is 11.3 Å². The maximum absolute atomic E-state index is 5.46. The van der Waals surface area contributed by atoms with Crippen molar-refractivity contribution in [3.05, 3.63) is 35.9 Å². The molecule has 0 aromatic heterocycles. The SMILES string of the molecule is CC(C)[C@H](NN)c1ccccc1. The minimum Gasteiger partial charge on any atom is -0.271 e. The molecular formula is C10H16N2. The van der Waals surface area contributed by atoms with Gasteiger partial charge in [0.1, 0.15) is 0 Å². The van der Waals surface area contributed by atoms with Crippen molar-refractivity contribution in [3.63, 3.8) is 0 Å². The summed E-state index contributed by atoms with van der Waals surface area (Å²) in [6.07, 6.45) is 0. The molecule has 0 fully saturated rings. The summed E-state index contributed by atoms with van der Waals surface area (Å²) in [6, 6.07) is 10.5. The quantitative estimate of drug-likeness (QED) is 0.528. The van der Waals surface area contributed by atoms with Crippen LogP contribution in [0.3, 0.4) is 0 Å². The Morgan fingerprint density at radius 2 is 1.75 bits per heavy atom. The first-order valence-corrected chi connectivity index (χ1v) is 4.26. The third kappa shape index (κ3) is 2.06. The van der Waals surface area contributed by atoms with E-state index in [1.54, 1.807) is 0 Å². The van der Waals surface area contributed by atoms with Crippen LogP contribution < -0.4 is 11.3 Å². The van der Waals surface area contributed by atoms with E-state index in [1.807, 2.05) is 18.2 Å². The molecule has 66 valence electrons. The molecule has 0 aliphatic rings. The van der Waals surface area contributed by atoms with Gasteiger partial charge < -0.3 is 0 Å². The summed E-state index contributed by atoms with van der Waals surface area (Å²) in [4.78, 5) is 0. The van der Waals surface area contributed by atoms with Gasteiger partial charge in [0.15, 0.2) is 0 Å².